The number of nitrogens with one attached hydrogen (secondary N) is 2. The number of nitrogens with zero attached hydrogens (tertiary/aromatic N) is 3. The number of phenols is 1. The number of aryl methyl sites for hydroxylation is 1. The number of anilines is 2. The number of phenolic OH excluding ortho intramolecular Hbond substituents is 1. The Morgan fingerprint density at radius 3 is 2.66 bits per heavy atom. The van der Waals surface area contributed by atoms with Crippen LogP contribution in [0.3, 0.4) is 0 Å². The number of fused-ring (bicyclic) bond motifs is 2. The van der Waals surface area contributed by atoms with Gasteiger partial charge in [-0.05, 0) is 41.1 Å². The molecule has 0 radical (unpaired) electrons. The zero-order valence-corrected chi connectivity index (χ0v) is 17.1. The van der Waals surface area contributed by atoms with E-state index in [1.807, 2.05) is 66.3 Å². The standard InChI is InChI=1S/C24H19N5O3/c1-29-11-10-20-22(29)23(26-14-25-20)32-18-8-9-19(21(30)13-18)28-24(31)27-17-7-6-15-4-2-3-5-16(15)12-17/h2-14,30H,1H3,(H2,27,28,31). The lowest BCUT2D eigenvalue weighted by Gasteiger charge is -2.12. The molecule has 2 aromatic heterocycles. The third-order valence-corrected chi connectivity index (χ3v) is 5.06. The van der Waals surface area contributed by atoms with Crippen molar-refractivity contribution in [1.82, 2.24) is 14.5 Å². The van der Waals surface area contributed by atoms with Crippen LogP contribution in [-0.4, -0.2) is 25.7 Å². The molecule has 0 unspecified atom stereocenters. The van der Waals surface area contributed by atoms with Crippen LogP contribution in [0.25, 0.3) is 21.8 Å². The second kappa shape index (κ2) is 7.92. The number of rotatable bonds is 4. The molecule has 32 heavy (non-hydrogen) atoms. The van der Waals surface area contributed by atoms with Crippen LogP contribution >= 0.6 is 0 Å². The predicted molar refractivity (Wildman–Crippen MR) is 123 cm³/mol. The first-order valence-corrected chi connectivity index (χ1v) is 9.90. The van der Waals surface area contributed by atoms with Crippen LogP contribution < -0.4 is 15.4 Å². The van der Waals surface area contributed by atoms with Gasteiger partial charge in [-0.15, -0.1) is 0 Å². The number of hydrogen-bond acceptors (Lipinski definition) is 5. The number of carbonyl (C=O) groups excluding carboxylic acids is 1. The van der Waals surface area contributed by atoms with Crippen molar-refractivity contribution in [3.8, 4) is 17.4 Å². The smallest absolute Gasteiger partial charge is 0.323 e. The van der Waals surface area contributed by atoms with E-state index < -0.39 is 6.03 Å². The fourth-order valence-electron chi connectivity index (χ4n) is 3.50. The van der Waals surface area contributed by atoms with Crippen molar-refractivity contribution in [1.29, 1.82) is 0 Å². The Morgan fingerprint density at radius 2 is 1.81 bits per heavy atom. The number of benzene rings is 3. The highest BCUT2D eigenvalue weighted by Crippen LogP contribution is 2.32. The number of urea groups is 1. The fraction of sp³-hybridized carbons (Fsp3) is 0.0417. The SMILES string of the molecule is Cn1ccc2ncnc(Oc3ccc(NC(=O)Nc4ccc5ccccc5c4)c(O)c3)c21. The maximum Gasteiger partial charge on any atom is 0.323 e. The zero-order chi connectivity index (χ0) is 22.1. The van der Waals surface area contributed by atoms with Gasteiger partial charge in [-0.25, -0.2) is 9.78 Å². The lowest BCUT2D eigenvalue weighted by molar-refractivity contribution is 0.262. The minimum absolute atomic E-state index is 0.131. The third kappa shape index (κ3) is 3.77. The van der Waals surface area contributed by atoms with Gasteiger partial charge in [-0.3, -0.25) is 0 Å². The average Bonchev–Trinajstić information content (AvgIpc) is 3.17. The first kappa shape index (κ1) is 19.4. The summed E-state index contributed by atoms with van der Waals surface area (Å²) in [7, 11) is 1.87. The summed E-state index contributed by atoms with van der Waals surface area (Å²) < 4.78 is 7.71. The van der Waals surface area contributed by atoms with Crippen molar-refractivity contribution in [3.05, 3.63) is 79.3 Å². The number of amides is 2. The van der Waals surface area contributed by atoms with Gasteiger partial charge in [0.2, 0.25) is 5.88 Å². The van der Waals surface area contributed by atoms with Crippen LogP contribution in [0.15, 0.2) is 79.3 Å². The van der Waals surface area contributed by atoms with E-state index in [1.54, 1.807) is 12.1 Å². The molecule has 5 rings (SSSR count). The molecule has 0 saturated carbocycles. The van der Waals surface area contributed by atoms with E-state index in [0.717, 1.165) is 21.8 Å². The van der Waals surface area contributed by atoms with Gasteiger partial charge in [0.15, 0.2) is 0 Å². The molecule has 0 bridgehead atoms. The summed E-state index contributed by atoms with van der Waals surface area (Å²) in [5, 5.41) is 17.9. The molecular formula is C24H19N5O3. The Balaban J connectivity index is 1.30. The monoisotopic (exact) mass is 425 g/mol. The molecule has 3 aromatic carbocycles. The maximum atomic E-state index is 12.4. The second-order valence-electron chi connectivity index (χ2n) is 7.26. The molecule has 0 spiro atoms. The minimum Gasteiger partial charge on any atom is -0.506 e. The van der Waals surface area contributed by atoms with Crippen molar-refractivity contribution < 1.29 is 14.6 Å². The molecule has 2 amide bonds. The molecule has 158 valence electrons. The Kier molecular flexibility index (Phi) is 4.79. The van der Waals surface area contributed by atoms with E-state index in [4.69, 9.17) is 4.74 Å². The van der Waals surface area contributed by atoms with Crippen LogP contribution in [0.5, 0.6) is 17.4 Å². The van der Waals surface area contributed by atoms with E-state index in [9.17, 15) is 9.90 Å². The van der Waals surface area contributed by atoms with Gasteiger partial charge in [-0.2, -0.15) is 4.98 Å². The van der Waals surface area contributed by atoms with E-state index in [-0.39, 0.29) is 11.4 Å². The van der Waals surface area contributed by atoms with E-state index in [2.05, 4.69) is 20.6 Å². The molecule has 0 aliphatic rings. The molecular weight excluding hydrogens is 406 g/mol. The Bertz CT molecular complexity index is 1460. The first-order chi connectivity index (χ1) is 15.6. The predicted octanol–water partition coefficient (Wildman–Crippen LogP) is 5.26. The molecule has 5 aromatic rings. The highest BCUT2D eigenvalue weighted by Gasteiger charge is 2.12. The van der Waals surface area contributed by atoms with Crippen LogP contribution in [0.1, 0.15) is 0 Å². The summed E-state index contributed by atoms with van der Waals surface area (Å²) in [4.78, 5) is 20.8. The van der Waals surface area contributed by atoms with E-state index >= 15 is 0 Å². The zero-order valence-electron chi connectivity index (χ0n) is 17.1. The van der Waals surface area contributed by atoms with Crippen molar-refractivity contribution >= 4 is 39.2 Å². The molecule has 2 heterocycles. The van der Waals surface area contributed by atoms with Gasteiger partial charge in [0.1, 0.15) is 23.3 Å². The average molecular weight is 425 g/mol. The van der Waals surface area contributed by atoms with Crippen LogP contribution in [0.4, 0.5) is 16.2 Å². The van der Waals surface area contributed by atoms with Crippen molar-refractivity contribution in [2.45, 2.75) is 0 Å². The highest BCUT2D eigenvalue weighted by atomic mass is 16.5. The number of aromatic nitrogens is 3. The first-order valence-electron chi connectivity index (χ1n) is 9.90. The number of aromatic hydroxyl groups is 1. The Morgan fingerprint density at radius 1 is 0.969 bits per heavy atom. The molecule has 0 atom stereocenters. The summed E-state index contributed by atoms with van der Waals surface area (Å²) in [5.74, 6) is 0.620. The van der Waals surface area contributed by atoms with Crippen LogP contribution in [0.2, 0.25) is 0 Å². The van der Waals surface area contributed by atoms with Gasteiger partial charge in [0.05, 0.1) is 11.2 Å². The Hall–Kier alpha value is -4.59. The topological polar surface area (TPSA) is 101 Å². The van der Waals surface area contributed by atoms with Crippen LogP contribution in [0, 0.1) is 0 Å². The normalized spacial score (nSPS) is 10.9. The number of ether oxygens (including phenoxy) is 1. The molecule has 8 nitrogen and oxygen atoms in total. The highest BCUT2D eigenvalue weighted by molar-refractivity contribution is 6.02. The summed E-state index contributed by atoms with van der Waals surface area (Å²) >= 11 is 0. The van der Waals surface area contributed by atoms with Crippen molar-refractivity contribution in [2.75, 3.05) is 10.6 Å². The maximum absolute atomic E-state index is 12.4. The third-order valence-electron chi connectivity index (χ3n) is 5.06. The van der Waals surface area contributed by atoms with Crippen molar-refractivity contribution in [3.63, 3.8) is 0 Å². The molecule has 3 N–H and O–H groups in total. The summed E-state index contributed by atoms with van der Waals surface area (Å²) in [6.07, 6.45) is 3.29. The van der Waals surface area contributed by atoms with Crippen LogP contribution in [-0.2, 0) is 7.05 Å². The van der Waals surface area contributed by atoms with E-state index in [1.165, 1.54) is 12.4 Å². The molecule has 0 aliphatic heterocycles. The van der Waals surface area contributed by atoms with Gasteiger partial charge in [0.25, 0.3) is 0 Å². The van der Waals surface area contributed by atoms with E-state index in [0.29, 0.717) is 17.3 Å². The molecule has 8 heteroatoms. The van der Waals surface area contributed by atoms with Gasteiger partial charge < -0.3 is 25.0 Å². The lowest BCUT2D eigenvalue weighted by Crippen LogP contribution is -2.19. The van der Waals surface area contributed by atoms with Gasteiger partial charge >= 0.3 is 6.03 Å². The number of hydrogen-bond donors (Lipinski definition) is 3. The lowest BCUT2D eigenvalue weighted by atomic mass is 10.1. The molecule has 0 aliphatic carbocycles. The van der Waals surface area contributed by atoms with Crippen molar-refractivity contribution in [2.24, 2.45) is 7.05 Å². The van der Waals surface area contributed by atoms with Gasteiger partial charge in [0, 0.05) is 25.0 Å². The largest absolute Gasteiger partial charge is 0.506 e. The fourth-order valence-corrected chi connectivity index (χ4v) is 3.50. The van der Waals surface area contributed by atoms with Gasteiger partial charge in [-0.1, -0.05) is 30.3 Å². The summed E-state index contributed by atoms with van der Waals surface area (Å²) in [5.41, 5.74) is 2.40. The Labute approximate surface area is 183 Å². The second-order valence-corrected chi connectivity index (χ2v) is 7.26. The minimum atomic E-state index is -0.467. The quantitative estimate of drug-likeness (QED) is 0.341. The number of carbonyl (C=O) groups is 1. The summed E-state index contributed by atoms with van der Waals surface area (Å²) in [6.45, 7) is 0. The molecule has 0 saturated heterocycles. The molecule has 0 fully saturated rings. The summed E-state index contributed by atoms with van der Waals surface area (Å²) in [6, 6.07) is 19.6.